The summed E-state index contributed by atoms with van der Waals surface area (Å²) >= 11 is 0. The lowest BCUT2D eigenvalue weighted by molar-refractivity contribution is -0.153. The predicted octanol–water partition coefficient (Wildman–Crippen LogP) is 0.135. The van der Waals surface area contributed by atoms with E-state index in [-0.39, 0.29) is 24.5 Å². The molecule has 68 valence electrons. The number of carbonyl (C=O) groups excluding carboxylic acids is 1. The number of carbonyl (C=O) groups is 1. The van der Waals surface area contributed by atoms with Crippen LogP contribution in [0.2, 0.25) is 0 Å². The maximum atomic E-state index is 10.8. The summed E-state index contributed by atoms with van der Waals surface area (Å²) in [6, 6.07) is 0. The van der Waals surface area contributed by atoms with Gasteiger partial charge < -0.3 is 9.94 Å². The zero-order chi connectivity index (χ0) is 9.03. The second-order valence-corrected chi connectivity index (χ2v) is 3.01. The van der Waals surface area contributed by atoms with Crippen molar-refractivity contribution in [2.75, 3.05) is 6.61 Å². The largest absolute Gasteiger partial charge is 0.394 e. The van der Waals surface area contributed by atoms with Crippen molar-refractivity contribution in [3.05, 3.63) is 12.7 Å². The number of aliphatic hydroxyl groups excluding tert-OH is 1. The predicted molar refractivity (Wildman–Crippen MR) is 43.1 cm³/mol. The molecule has 12 heavy (non-hydrogen) atoms. The van der Waals surface area contributed by atoms with Crippen molar-refractivity contribution in [2.45, 2.75) is 24.8 Å². The molecule has 0 spiro atoms. The van der Waals surface area contributed by atoms with Gasteiger partial charge in [-0.1, -0.05) is 6.08 Å². The summed E-state index contributed by atoms with van der Waals surface area (Å²) in [5.74, 6) is -0.371. The fourth-order valence-electron chi connectivity index (χ4n) is 0.768. The van der Waals surface area contributed by atoms with Crippen LogP contribution in [0.1, 0.15) is 19.3 Å². The maximum Gasteiger partial charge on any atom is 0.328 e. The lowest BCUT2D eigenvalue weighted by Crippen LogP contribution is -2.36. The summed E-state index contributed by atoms with van der Waals surface area (Å²) in [5.41, 5.74) is 2.21. The lowest BCUT2D eigenvalue weighted by atomic mass is 10.3. The molecule has 1 aliphatic rings. The number of rotatable bonds is 5. The van der Waals surface area contributed by atoms with Crippen molar-refractivity contribution in [1.82, 2.24) is 5.48 Å². The van der Waals surface area contributed by atoms with Crippen molar-refractivity contribution in [1.29, 1.82) is 0 Å². The third-order valence-electron chi connectivity index (χ3n) is 1.85. The van der Waals surface area contributed by atoms with Gasteiger partial charge in [-0.05, 0) is 12.8 Å². The van der Waals surface area contributed by atoms with Gasteiger partial charge in [-0.15, -0.1) is 12.1 Å². The zero-order valence-electron chi connectivity index (χ0n) is 6.88. The Morgan fingerprint density at radius 2 is 2.42 bits per heavy atom. The minimum atomic E-state index is -0.371. The molecule has 2 N–H and O–H groups in total. The van der Waals surface area contributed by atoms with Gasteiger partial charge in [0.15, 0.2) is 0 Å². The summed E-state index contributed by atoms with van der Waals surface area (Å²) in [4.78, 5) is 15.5. The molecule has 0 aromatic rings. The highest BCUT2D eigenvalue weighted by Gasteiger charge is 2.43. The van der Waals surface area contributed by atoms with Crippen molar-refractivity contribution >= 4 is 5.97 Å². The molecule has 1 fully saturated rings. The molecule has 0 amide bonds. The minimum absolute atomic E-state index is 0.00830. The first kappa shape index (κ1) is 9.22. The highest BCUT2D eigenvalue weighted by atomic mass is 16.7. The average Bonchev–Trinajstić information content (AvgIpc) is 2.82. The van der Waals surface area contributed by atoms with Gasteiger partial charge in [-0.3, -0.25) is 4.79 Å². The summed E-state index contributed by atoms with van der Waals surface area (Å²) in [5, 5.41) is 8.83. The first-order valence-corrected chi connectivity index (χ1v) is 3.91. The fourth-order valence-corrected chi connectivity index (χ4v) is 0.768. The molecule has 0 aromatic carbocycles. The molecule has 1 rings (SSSR count). The van der Waals surface area contributed by atoms with Gasteiger partial charge in [-0.2, -0.15) is 0 Å². The summed E-state index contributed by atoms with van der Waals surface area (Å²) < 4.78 is 0. The van der Waals surface area contributed by atoms with Crippen molar-refractivity contribution < 1.29 is 14.7 Å². The van der Waals surface area contributed by atoms with Crippen LogP contribution in [0, 0.1) is 0 Å². The second-order valence-electron chi connectivity index (χ2n) is 3.01. The van der Waals surface area contributed by atoms with Crippen LogP contribution in [-0.2, 0) is 9.63 Å². The molecule has 0 aromatic heterocycles. The third-order valence-corrected chi connectivity index (χ3v) is 1.85. The van der Waals surface area contributed by atoms with Crippen LogP contribution >= 0.6 is 0 Å². The van der Waals surface area contributed by atoms with Gasteiger partial charge in [0.1, 0.15) is 0 Å². The Kier molecular flexibility index (Phi) is 2.83. The van der Waals surface area contributed by atoms with E-state index in [1.54, 1.807) is 0 Å². The maximum absolute atomic E-state index is 10.8. The topological polar surface area (TPSA) is 58.6 Å². The van der Waals surface area contributed by atoms with Gasteiger partial charge in [-0.25, -0.2) is 0 Å². The normalized spacial score (nSPS) is 18.4. The molecule has 0 aliphatic heterocycles. The third kappa shape index (κ3) is 2.32. The van der Waals surface area contributed by atoms with Crippen LogP contribution in [0.5, 0.6) is 0 Å². The van der Waals surface area contributed by atoms with E-state index >= 15 is 0 Å². The van der Waals surface area contributed by atoms with E-state index in [1.807, 2.05) is 0 Å². The molecule has 1 saturated carbocycles. The van der Waals surface area contributed by atoms with E-state index in [1.165, 1.54) is 6.08 Å². The van der Waals surface area contributed by atoms with E-state index in [4.69, 9.17) is 5.11 Å². The molecule has 0 heterocycles. The smallest absolute Gasteiger partial charge is 0.328 e. The fraction of sp³-hybridized carbons (Fsp3) is 0.625. The van der Waals surface area contributed by atoms with Gasteiger partial charge in [0.2, 0.25) is 0 Å². The molecule has 0 atom stereocenters. The van der Waals surface area contributed by atoms with Gasteiger partial charge in [0.25, 0.3) is 0 Å². The average molecular weight is 171 g/mol. The Morgan fingerprint density at radius 1 is 1.75 bits per heavy atom. The van der Waals surface area contributed by atoms with Crippen molar-refractivity contribution in [3.8, 4) is 0 Å². The number of nitrogens with one attached hydrogen (secondary N) is 1. The summed E-state index contributed by atoms with van der Waals surface area (Å²) in [7, 11) is 0. The molecular weight excluding hydrogens is 158 g/mol. The minimum Gasteiger partial charge on any atom is -0.394 e. The van der Waals surface area contributed by atoms with Crippen LogP contribution in [0.4, 0.5) is 0 Å². The van der Waals surface area contributed by atoms with E-state index in [9.17, 15) is 4.79 Å². The number of hydrogen-bond acceptors (Lipinski definition) is 4. The van der Waals surface area contributed by atoms with Crippen LogP contribution in [0.15, 0.2) is 12.7 Å². The number of hydrogen-bond donors (Lipinski definition) is 2. The van der Waals surface area contributed by atoms with E-state index in [0.717, 1.165) is 12.8 Å². The Labute approximate surface area is 71.2 Å². The molecular formula is C8H13NO3. The molecule has 1 aliphatic carbocycles. The Morgan fingerprint density at radius 3 is 2.83 bits per heavy atom. The monoisotopic (exact) mass is 171 g/mol. The Balaban J connectivity index is 2.16. The van der Waals surface area contributed by atoms with Crippen LogP contribution in [-0.4, -0.2) is 23.2 Å². The molecule has 4 nitrogen and oxygen atoms in total. The first-order valence-electron chi connectivity index (χ1n) is 3.91. The van der Waals surface area contributed by atoms with Gasteiger partial charge in [0.05, 0.1) is 18.6 Å². The van der Waals surface area contributed by atoms with E-state index in [2.05, 4.69) is 16.9 Å². The van der Waals surface area contributed by atoms with E-state index in [0.29, 0.717) is 0 Å². The Bertz CT molecular complexity index is 187. The molecule has 0 radical (unpaired) electrons. The lowest BCUT2D eigenvalue weighted by Gasteiger charge is -2.12. The molecule has 0 saturated heterocycles. The highest BCUT2D eigenvalue weighted by molar-refractivity contribution is 5.70. The van der Waals surface area contributed by atoms with Crippen LogP contribution in [0.25, 0.3) is 0 Å². The van der Waals surface area contributed by atoms with Crippen molar-refractivity contribution in [3.63, 3.8) is 0 Å². The second kappa shape index (κ2) is 3.69. The quantitative estimate of drug-likeness (QED) is 0.456. The van der Waals surface area contributed by atoms with Crippen molar-refractivity contribution in [2.24, 2.45) is 0 Å². The zero-order valence-corrected chi connectivity index (χ0v) is 6.88. The molecule has 4 heteroatoms. The molecule has 0 unspecified atom stereocenters. The first-order chi connectivity index (χ1) is 5.72. The highest BCUT2D eigenvalue weighted by Crippen LogP contribution is 2.34. The van der Waals surface area contributed by atoms with E-state index < -0.39 is 0 Å². The van der Waals surface area contributed by atoms with Crippen LogP contribution < -0.4 is 5.48 Å². The van der Waals surface area contributed by atoms with Crippen LogP contribution in [0.3, 0.4) is 0 Å². The number of hydroxylamine groups is 1. The van der Waals surface area contributed by atoms with Gasteiger partial charge >= 0.3 is 5.97 Å². The standard InChI is InChI=1S/C8H13NO3/c1-2-3-7(11)12-9-8(6-10)4-5-8/h2,9-10H,1,3-6H2. The number of aliphatic hydroxyl groups is 1. The SMILES string of the molecule is C=CCC(=O)ONC1(CO)CC1. The molecule has 0 bridgehead atoms. The summed E-state index contributed by atoms with van der Waals surface area (Å²) in [6.45, 7) is 3.41. The Hall–Kier alpha value is -0.870. The van der Waals surface area contributed by atoms with Gasteiger partial charge in [0, 0.05) is 0 Å². The summed E-state index contributed by atoms with van der Waals surface area (Å²) in [6.07, 6.45) is 3.37.